The lowest BCUT2D eigenvalue weighted by Crippen LogP contribution is -2.49. The first-order valence-electron chi connectivity index (χ1n) is 6.33. The van der Waals surface area contributed by atoms with Gasteiger partial charge in [-0.05, 0) is 18.9 Å². The van der Waals surface area contributed by atoms with Crippen molar-refractivity contribution in [1.29, 1.82) is 0 Å². The van der Waals surface area contributed by atoms with Crippen molar-refractivity contribution < 1.29 is 4.79 Å². The van der Waals surface area contributed by atoms with E-state index >= 15 is 0 Å². The Balaban J connectivity index is 2.20. The zero-order valence-corrected chi connectivity index (χ0v) is 10.6. The van der Waals surface area contributed by atoms with E-state index in [1.165, 1.54) is 6.42 Å². The fraction of sp³-hybridized carbons (Fsp3) is 0.917. The third-order valence-electron chi connectivity index (χ3n) is 3.11. The van der Waals surface area contributed by atoms with Crippen LogP contribution in [0.3, 0.4) is 0 Å². The molecule has 0 spiro atoms. The highest BCUT2D eigenvalue weighted by Crippen LogP contribution is 2.07. The average Bonchev–Trinajstić information content (AvgIpc) is 2.27. The quantitative estimate of drug-likeness (QED) is 0.745. The maximum atomic E-state index is 11.6. The first kappa shape index (κ1) is 13.5. The minimum Gasteiger partial charge on any atom is -0.340 e. The summed E-state index contributed by atoms with van der Waals surface area (Å²) in [5, 5.41) is 0. The first-order valence-corrected chi connectivity index (χ1v) is 6.33. The SMILES string of the molecule is CC(C)CCN1CCN(C(=O)CCN)CC1. The van der Waals surface area contributed by atoms with Crippen molar-refractivity contribution in [3.63, 3.8) is 0 Å². The zero-order valence-electron chi connectivity index (χ0n) is 10.6. The van der Waals surface area contributed by atoms with Crippen LogP contribution < -0.4 is 5.73 Å². The molecular formula is C12H25N3O. The Hall–Kier alpha value is -0.610. The van der Waals surface area contributed by atoms with Gasteiger partial charge in [0, 0.05) is 39.1 Å². The smallest absolute Gasteiger partial charge is 0.223 e. The molecule has 1 amide bonds. The number of carbonyl (C=O) groups excluding carboxylic acids is 1. The minimum atomic E-state index is 0.214. The van der Waals surface area contributed by atoms with Gasteiger partial charge < -0.3 is 10.6 Å². The van der Waals surface area contributed by atoms with Gasteiger partial charge in [-0.25, -0.2) is 0 Å². The molecule has 1 aliphatic rings. The summed E-state index contributed by atoms with van der Waals surface area (Å²) in [6.45, 7) is 9.91. The molecule has 0 bridgehead atoms. The van der Waals surface area contributed by atoms with E-state index in [4.69, 9.17) is 5.73 Å². The molecule has 94 valence electrons. The highest BCUT2D eigenvalue weighted by molar-refractivity contribution is 5.76. The Morgan fingerprint density at radius 2 is 1.88 bits per heavy atom. The van der Waals surface area contributed by atoms with Crippen LogP contribution in [-0.4, -0.2) is 55.0 Å². The maximum Gasteiger partial charge on any atom is 0.223 e. The molecule has 4 nitrogen and oxygen atoms in total. The molecule has 0 aromatic rings. The summed E-state index contributed by atoms with van der Waals surface area (Å²) in [4.78, 5) is 16.0. The normalized spacial score (nSPS) is 18.1. The van der Waals surface area contributed by atoms with Crippen molar-refractivity contribution in [2.24, 2.45) is 11.7 Å². The van der Waals surface area contributed by atoms with Crippen molar-refractivity contribution in [2.45, 2.75) is 26.7 Å². The second kappa shape index (κ2) is 6.86. The summed E-state index contributed by atoms with van der Waals surface area (Å²) >= 11 is 0. The van der Waals surface area contributed by atoms with Gasteiger partial charge in [0.25, 0.3) is 0 Å². The molecular weight excluding hydrogens is 202 g/mol. The molecule has 0 unspecified atom stereocenters. The van der Waals surface area contributed by atoms with E-state index in [2.05, 4.69) is 18.7 Å². The Kier molecular flexibility index (Phi) is 5.77. The largest absolute Gasteiger partial charge is 0.340 e. The van der Waals surface area contributed by atoms with E-state index < -0.39 is 0 Å². The molecule has 1 heterocycles. The molecule has 1 fully saturated rings. The fourth-order valence-electron chi connectivity index (χ4n) is 1.94. The van der Waals surface area contributed by atoms with Gasteiger partial charge in [0.05, 0.1) is 0 Å². The molecule has 2 N–H and O–H groups in total. The number of carbonyl (C=O) groups is 1. The van der Waals surface area contributed by atoms with Gasteiger partial charge in [0.1, 0.15) is 0 Å². The lowest BCUT2D eigenvalue weighted by atomic mass is 10.1. The van der Waals surface area contributed by atoms with Gasteiger partial charge >= 0.3 is 0 Å². The summed E-state index contributed by atoms with van der Waals surface area (Å²) in [6.07, 6.45) is 1.74. The van der Waals surface area contributed by atoms with Gasteiger partial charge in [-0.1, -0.05) is 13.8 Å². The molecule has 16 heavy (non-hydrogen) atoms. The number of nitrogens with zero attached hydrogens (tertiary/aromatic N) is 2. The number of piperazine rings is 1. The second-order valence-electron chi connectivity index (χ2n) is 4.94. The van der Waals surface area contributed by atoms with Crippen molar-refractivity contribution >= 4 is 5.91 Å². The van der Waals surface area contributed by atoms with Crippen LogP contribution in [0.15, 0.2) is 0 Å². The van der Waals surface area contributed by atoms with Gasteiger partial charge in [0.2, 0.25) is 5.91 Å². The van der Waals surface area contributed by atoms with Crippen molar-refractivity contribution in [3.05, 3.63) is 0 Å². The molecule has 0 radical (unpaired) electrons. The molecule has 1 saturated heterocycles. The van der Waals surface area contributed by atoms with Crippen molar-refractivity contribution in [2.75, 3.05) is 39.3 Å². The van der Waals surface area contributed by atoms with E-state index in [9.17, 15) is 4.79 Å². The molecule has 0 aromatic carbocycles. The molecule has 0 aliphatic carbocycles. The van der Waals surface area contributed by atoms with Crippen LogP contribution >= 0.6 is 0 Å². The van der Waals surface area contributed by atoms with Crippen LogP contribution in [0.2, 0.25) is 0 Å². The Labute approximate surface area is 98.8 Å². The maximum absolute atomic E-state index is 11.6. The van der Waals surface area contributed by atoms with E-state index in [0.29, 0.717) is 13.0 Å². The Morgan fingerprint density at radius 3 is 2.38 bits per heavy atom. The topological polar surface area (TPSA) is 49.6 Å². The minimum absolute atomic E-state index is 0.214. The number of rotatable bonds is 5. The number of amides is 1. The zero-order chi connectivity index (χ0) is 12.0. The molecule has 0 aromatic heterocycles. The lowest BCUT2D eigenvalue weighted by molar-refractivity contribution is -0.132. The number of hydrogen-bond donors (Lipinski definition) is 1. The van der Waals surface area contributed by atoms with Gasteiger partial charge in [-0.3, -0.25) is 9.69 Å². The predicted octanol–water partition coefficient (Wildman–Crippen LogP) is 0.526. The van der Waals surface area contributed by atoms with E-state index in [-0.39, 0.29) is 5.91 Å². The van der Waals surface area contributed by atoms with Gasteiger partial charge in [-0.2, -0.15) is 0 Å². The summed E-state index contributed by atoms with van der Waals surface area (Å²) < 4.78 is 0. The highest BCUT2D eigenvalue weighted by atomic mass is 16.2. The number of hydrogen-bond acceptors (Lipinski definition) is 3. The third-order valence-corrected chi connectivity index (χ3v) is 3.11. The molecule has 1 rings (SSSR count). The van der Waals surface area contributed by atoms with E-state index in [1.807, 2.05) is 4.90 Å². The van der Waals surface area contributed by atoms with Crippen LogP contribution in [0.25, 0.3) is 0 Å². The van der Waals surface area contributed by atoms with Crippen LogP contribution in [0.1, 0.15) is 26.7 Å². The summed E-state index contributed by atoms with van der Waals surface area (Å²) in [5.74, 6) is 0.975. The second-order valence-corrected chi connectivity index (χ2v) is 4.94. The monoisotopic (exact) mass is 227 g/mol. The summed E-state index contributed by atoms with van der Waals surface area (Å²) in [6, 6.07) is 0. The molecule has 0 atom stereocenters. The summed E-state index contributed by atoms with van der Waals surface area (Å²) in [7, 11) is 0. The predicted molar refractivity (Wildman–Crippen MR) is 66.1 cm³/mol. The van der Waals surface area contributed by atoms with Crippen molar-refractivity contribution in [1.82, 2.24) is 9.80 Å². The van der Waals surface area contributed by atoms with E-state index in [1.54, 1.807) is 0 Å². The standard InChI is InChI=1S/C12H25N3O/c1-11(2)4-6-14-7-9-15(10-8-14)12(16)3-5-13/h11H,3-10,13H2,1-2H3. The third kappa shape index (κ3) is 4.49. The Bertz CT molecular complexity index is 210. The van der Waals surface area contributed by atoms with Crippen LogP contribution in [0, 0.1) is 5.92 Å². The van der Waals surface area contributed by atoms with Crippen LogP contribution in [-0.2, 0) is 4.79 Å². The van der Waals surface area contributed by atoms with Crippen LogP contribution in [0.4, 0.5) is 0 Å². The lowest BCUT2D eigenvalue weighted by Gasteiger charge is -2.35. The average molecular weight is 227 g/mol. The Morgan fingerprint density at radius 1 is 1.25 bits per heavy atom. The molecule has 4 heteroatoms. The highest BCUT2D eigenvalue weighted by Gasteiger charge is 2.19. The van der Waals surface area contributed by atoms with Crippen LogP contribution in [0.5, 0.6) is 0 Å². The molecule has 1 aliphatic heterocycles. The van der Waals surface area contributed by atoms with Crippen molar-refractivity contribution in [3.8, 4) is 0 Å². The summed E-state index contributed by atoms with van der Waals surface area (Å²) in [5.41, 5.74) is 5.39. The fourth-order valence-corrected chi connectivity index (χ4v) is 1.94. The number of nitrogens with two attached hydrogens (primary N) is 1. The first-order chi connectivity index (χ1) is 7.63. The van der Waals surface area contributed by atoms with Gasteiger partial charge in [0.15, 0.2) is 0 Å². The van der Waals surface area contributed by atoms with Gasteiger partial charge in [-0.15, -0.1) is 0 Å². The molecule has 0 saturated carbocycles. The van der Waals surface area contributed by atoms with E-state index in [0.717, 1.165) is 38.6 Å².